The van der Waals surface area contributed by atoms with Crippen LogP contribution in [0.3, 0.4) is 0 Å². The van der Waals surface area contributed by atoms with Gasteiger partial charge in [0.25, 0.3) is 11.8 Å². The standard InChI is InChI=1S/C31H20N4O2/c1-34-30(36)21-11-8-16-26(29(21)31(34)37)35-24-14-6-9-19(22-12-2-4-17-32-22)27(24)28-20(10-7-15-25(28)35)23-13-3-5-18-33-23/h2-18H,1H3. The lowest BCUT2D eigenvalue weighted by Crippen LogP contribution is -2.24. The Labute approximate surface area is 212 Å². The summed E-state index contributed by atoms with van der Waals surface area (Å²) < 4.78 is 2.09. The summed E-state index contributed by atoms with van der Waals surface area (Å²) in [6.07, 6.45) is 3.58. The van der Waals surface area contributed by atoms with Gasteiger partial charge in [-0.2, -0.15) is 0 Å². The molecule has 0 saturated carbocycles. The molecule has 3 aromatic carbocycles. The van der Waals surface area contributed by atoms with Crippen LogP contribution in [-0.2, 0) is 0 Å². The minimum Gasteiger partial charge on any atom is -0.308 e. The van der Waals surface area contributed by atoms with Gasteiger partial charge >= 0.3 is 0 Å². The van der Waals surface area contributed by atoms with Crippen molar-refractivity contribution < 1.29 is 9.59 Å². The third kappa shape index (κ3) is 2.99. The number of aromatic nitrogens is 3. The molecule has 2 amide bonds. The molecule has 1 aliphatic heterocycles. The fraction of sp³-hybridized carbons (Fsp3) is 0.0323. The highest BCUT2D eigenvalue weighted by atomic mass is 16.2. The summed E-state index contributed by atoms with van der Waals surface area (Å²) in [4.78, 5) is 36.5. The second-order valence-electron chi connectivity index (χ2n) is 9.03. The predicted molar refractivity (Wildman–Crippen MR) is 144 cm³/mol. The van der Waals surface area contributed by atoms with Crippen molar-refractivity contribution in [3.63, 3.8) is 0 Å². The lowest BCUT2D eigenvalue weighted by Gasteiger charge is -2.12. The number of rotatable bonds is 3. The summed E-state index contributed by atoms with van der Waals surface area (Å²) >= 11 is 0. The van der Waals surface area contributed by atoms with E-state index in [4.69, 9.17) is 0 Å². The van der Waals surface area contributed by atoms with Crippen molar-refractivity contribution in [2.75, 3.05) is 7.05 Å². The number of imide groups is 1. The summed E-state index contributed by atoms with van der Waals surface area (Å²) in [6, 6.07) is 29.5. The molecule has 0 atom stereocenters. The normalized spacial score (nSPS) is 13.1. The SMILES string of the molecule is CN1C(=O)c2cccc(-n3c4cccc(-c5ccccn5)c4c4c(-c5ccccn5)cccc43)c2C1=O. The van der Waals surface area contributed by atoms with E-state index in [1.807, 2.05) is 72.8 Å². The van der Waals surface area contributed by atoms with Crippen LogP contribution in [0.4, 0.5) is 0 Å². The number of carbonyl (C=O) groups excluding carboxylic acids is 2. The van der Waals surface area contributed by atoms with E-state index in [1.54, 1.807) is 18.5 Å². The Balaban J connectivity index is 1.68. The highest BCUT2D eigenvalue weighted by molar-refractivity contribution is 6.24. The zero-order valence-corrected chi connectivity index (χ0v) is 19.9. The van der Waals surface area contributed by atoms with E-state index in [1.165, 1.54) is 11.9 Å². The van der Waals surface area contributed by atoms with Crippen molar-refractivity contribution in [2.24, 2.45) is 0 Å². The van der Waals surface area contributed by atoms with E-state index in [0.29, 0.717) is 16.8 Å². The first-order chi connectivity index (χ1) is 18.1. The molecule has 0 aliphatic carbocycles. The molecular formula is C31H20N4O2. The molecule has 0 fully saturated rings. The highest BCUT2D eigenvalue weighted by Gasteiger charge is 2.36. The van der Waals surface area contributed by atoms with Gasteiger partial charge in [-0.15, -0.1) is 0 Å². The second-order valence-corrected chi connectivity index (χ2v) is 9.03. The van der Waals surface area contributed by atoms with Crippen LogP contribution in [0.1, 0.15) is 20.7 Å². The number of carbonyl (C=O) groups is 2. The minimum atomic E-state index is -0.299. The molecule has 0 spiro atoms. The van der Waals surface area contributed by atoms with Gasteiger partial charge in [-0.05, 0) is 48.5 Å². The van der Waals surface area contributed by atoms with Gasteiger partial charge in [0, 0.05) is 41.3 Å². The van der Waals surface area contributed by atoms with Crippen LogP contribution in [0.2, 0.25) is 0 Å². The fourth-order valence-electron chi connectivity index (χ4n) is 5.41. The van der Waals surface area contributed by atoms with E-state index < -0.39 is 0 Å². The number of hydrogen-bond donors (Lipinski definition) is 0. The van der Waals surface area contributed by atoms with Gasteiger partial charge in [0.05, 0.1) is 39.2 Å². The number of benzene rings is 3. The van der Waals surface area contributed by atoms with E-state index in [2.05, 4.69) is 26.7 Å². The van der Waals surface area contributed by atoms with Crippen molar-refractivity contribution in [2.45, 2.75) is 0 Å². The van der Waals surface area contributed by atoms with Crippen molar-refractivity contribution in [3.05, 3.63) is 115 Å². The van der Waals surface area contributed by atoms with Gasteiger partial charge < -0.3 is 4.57 Å². The molecule has 6 aromatic rings. The van der Waals surface area contributed by atoms with Crippen LogP contribution in [-0.4, -0.2) is 38.3 Å². The van der Waals surface area contributed by atoms with Crippen molar-refractivity contribution in [1.29, 1.82) is 0 Å². The van der Waals surface area contributed by atoms with Gasteiger partial charge in [-0.3, -0.25) is 24.5 Å². The van der Waals surface area contributed by atoms with Crippen molar-refractivity contribution in [1.82, 2.24) is 19.4 Å². The van der Waals surface area contributed by atoms with Crippen molar-refractivity contribution in [3.8, 4) is 28.2 Å². The maximum Gasteiger partial charge on any atom is 0.263 e. The molecule has 4 heterocycles. The first-order valence-electron chi connectivity index (χ1n) is 12.0. The van der Waals surface area contributed by atoms with Crippen molar-refractivity contribution >= 4 is 33.6 Å². The number of pyridine rings is 2. The number of amides is 2. The number of hydrogen-bond acceptors (Lipinski definition) is 4. The quantitative estimate of drug-likeness (QED) is 0.286. The van der Waals surface area contributed by atoms with Gasteiger partial charge in [0.2, 0.25) is 0 Å². The van der Waals surface area contributed by atoms with E-state index in [0.717, 1.165) is 44.3 Å². The molecule has 6 heteroatoms. The molecule has 7 rings (SSSR count). The summed E-state index contributed by atoms with van der Waals surface area (Å²) in [5.41, 5.74) is 7.03. The smallest absolute Gasteiger partial charge is 0.263 e. The van der Waals surface area contributed by atoms with Gasteiger partial charge in [-0.25, -0.2) is 0 Å². The van der Waals surface area contributed by atoms with Crippen LogP contribution in [0, 0.1) is 0 Å². The first kappa shape index (κ1) is 21.2. The molecule has 0 bridgehead atoms. The second kappa shape index (κ2) is 7.96. The lowest BCUT2D eigenvalue weighted by atomic mass is 9.98. The molecule has 0 radical (unpaired) electrons. The Kier molecular flexibility index (Phi) is 4.56. The minimum absolute atomic E-state index is 0.286. The van der Waals surface area contributed by atoms with E-state index >= 15 is 0 Å². The zero-order chi connectivity index (χ0) is 25.1. The van der Waals surface area contributed by atoms with Crippen LogP contribution < -0.4 is 0 Å². The molecule has 0 saturated heterocycles. The first-order valence-corrected chi connectivity index (χ1v) is 12.0. The van der Waals surface area contributed by atoms with Gasteiger partial charge in [-0.1, -0.05) is 42.5 Å². The Bertz CT molecular complexity index is 1780. The fourth-order valence-corrected chi connectivity index (χ4v) is 5.41. The Hall–Kier alpha value is -5.10. The Morgan fingerprint density at radius 2 is 1.11 bits per heavy atom. The maximum atomic E-state index is 13.2. The Morgan fingerprint density at radius 3 is 1.65 bits per heavy atom. The largest absolute Gasteiger partial charge is 0.308 e. The number of nitrogens with zero attached hydrogens (tertiary/aromatic N) is 4. The topological polar surface area (TPSA) is 68.1 Å². The summed E-state index contributed by atoms with van der Waals surface area (Å²) in [6.45, 7) is 0. The van der Waals surface area contributed by atoms with Crippen LogP contribution in [0.25, 0.3) is 50.0 Å². The Morgan fingerprint density at radius 1 is 0.568 bits per heavy atom. The average Bonchev–Trinajstić information content (AvgIpc) is 3.41. The molecule has 3 aromatic heterocycles. The molecule has 176 valence electrons. The third-order valence-corrected chi connectivity index (χ3v) is 7.04. The lowest BCUT2D eigenvalue weighted by molar-refractivity contribution is 0.0693. The van der Waals surface area contributed by atoms with Crippen LogP contribution in [0.5, 0.6) is 0 Å². The number of fused-ring (bicyclic) bond motifs is 4. The van der Waals surface area contributed by atoms with Crippen LogP contribution >= 0.6 is 0 Å². The third-order valence-electron chi connectivity index (χ3n) is 7.04. The summed E-state index contributed by atoms with van der Waals surface area (Å²) in [7, 11) is 1.53. The van der Waals surface area contributed by atoms with E-state index in [-0.39, 0.29) is 11.8 Å². The molecular weight excluding hydrogens is 460 g/mol. The van der Waals surface area contributed by atoms with Crippen LogP contribution in [0.15, 0.2) is 103 Å². The summed E-state index contributed by atoms with van der Waals surface area (Å²) in [5.74, 6) is -0.585. The average molecular weight is 481 g/mol. The van der Waals surface area contributed by atoms with E-state index in [9.17, 15) is 9.59 Å². The van der Waals surface area contributed by atoms with Gasteiger partial charge in [0.1, 0.15) is 0 Å². The highest BCUT2D eigenvalue weighted by Crippen LogP contribution is 2.43. The summed E-state index contributed by atoms with van der Waals surface area (Å²) in [5, 5.41) is 2.03. The predicted octanol–water partition coefficient (Wildman–Crippen LogP) is 6.13. The molecule has 37 heavy (non-hydrogen) atoms. The molecule has 6 nitrogen and oxygen atoms in total. The zero-order valence-electron chi connectivity index (χ0n) is 19.9. The van der Waals surface area contributed by atoms with Gasteiger partial charge in [0.15, 0.2) is 0 Å². The maximum absolute atomic E-state index is 13.2. The molecule has 0 N–H and O–H groups in total. The monoisotopic (exact) mass is 480 g/mol. The molecule has 1 aliphatic rings. The molecule has 0 unspecified atom stereocenters.